The molecule has 1 aliphatic carbocycles. The molecule has 1 unspecified atom stereocenters. The third-order valence-electron chi connectivity index (χ3n) is 5.59. The van der Waals surface area contributed by atoms with Crippen LogP contribution in [-0.2, 0) is 9.59 Å². The van der Waals surface area contributed by atoms with Crippen molar-refractivity contribution in [2.75, 3.05) is 18.4 Å². The molecule has 1 atom stereocenters. The Kier molecular flexibility index (Phi) is 8.44. The van der Waals surface area contributed by atoms with Gasteiger partial charge in [-0.25, -0.2) is 0 Å². The number of benzene rings is 1. The minimum atomic E-state index is 0.0231. The first-order valence-electron chi connectivity index (χ1n) is 10.9. The number of allylic oxidation sites excluding steroid dienone is 6. The van der Waals surface area contributed by atoms with Crippen LogP contribution in [0.25, 0.3) is 0 Å². The van der Waals surface area contributed by atoms with Crippen molar-refractivity contribution in [2.45, 2.75) is 57.3 Å². The molecule has 1 aromatic carbocycles. The zero-order valence-corrected chi connectivity index (χ0v) is 17.2. The summed E-state index contributed by atoms with van der Waals surface area (Å²) in [4.78, 5) is 24.6. The summed E-state index contributed by atoms with van der Waals surface area (Å²) in [5.41, 5.74) is 2.98. The largest absolute Gasteiger partial charge is 0.326 e. The highest BCUT2D eigenvalue weighted by molar-refractivity contribution is 5.98. The van der Waals surface area contributed by atoms with E-state index < -0.39 is 0 Å². The number of carbonyl (C=O) groups is 2. The molecule has 0 saturated carbocycles. The maximum absolute atomic E-state index is 12.3. The zero-order chi connectivity index (χ0) is 20.3. The minimum absolute atomic E-state index is 0.0231. The van der Waals surface area contributed by atoms with Crippen molar-refractivity contribution in [2.24, 2.45) is 0 Å². The molecule has 0 bridgehead atoms. The molecule has 0 spiro atoms. The Balaban J connectivity index is 1.41. The Hall–Kier alpha value is -2.46. The van der Waals surface area contributed by atoms with Gasteiger partial charge in [0, 0.05) is 24.1 Å². The lowest BCUT2D eigenvalue weighted by Gasteiger charge is -2.15. The van der Waals surface area contributed by atoms with E-state index in [0.29, 0.717) is 18.8 Å². The van der Waals surface area contributed by atoms with E-state index in [4.69, 9.17) is 0 Å². The van der Waals surface area contributed by atoms with Gasteiger partial charge in [-0.2, -0.15) is 0 Å². The Labute approximate surface area is 174 Å². The second-order valence-corrected chi connectivity index (χ2v) is 7.86. The second kappa shape index (κ2) is 11.5. The topological polar surface area (TPSA) is 58.2 Å². The van der Waals surface area contributed by atoms with Crippen LogP contribution in [0.15, 0.2) is 60.2 Å². The van der Waals surface area contributed by atoms with Crippen LogP contribution in [0.4, 0.5) is 5.69 Å². The summed E-state index contributed by atoms with van der Waals surface area (Å²) in [6, 6.07) is 8.28. The van der Waals surface area contributed by atoms with Crippen LogP contribution >= 0.6 is 0 Å². The number of nitrogens with one attached hydrogen (secondary N) is 2. The smallest absolute Gasteiger partial charge is 0.224 e. The third kappa shape index (κ3) is 7.13. The summed E-state index contributed by atoms with van der Waals surface area (Å²) in [5, 5.41) is 6.48. The fourth-order valence-corrected chi connectivity index (χ4v) is 3.95. The highest BCUT2D eigenvalue weighted by Crippen LogP contribution is 2.28. The molecule has 154 valence electrons. The van der Waals surface area contributed by atoms with E-state index in [9.17, 15) is 9.59 Å². The molecule has 3 rings (SSSR count). The Morgan fingerprint density at radius 2 is 1.97 bits per heavy atom. The molecule has 1 amide bonds. The number of hydrogen-bond acceptors (Lipinski definition) is 3. The van der Waals surface area contributed by atoms with Gasteiger partial charge in [-0.05, 0) is 75.2 Å². The number of Topliss-reactive ketones (excluding diaryl/α,β-unsaturated/α-hetero) is 1. The van der Waals surface area contributed by atoms with Crippen molar-refractivity contribution < 1.29 is 9.59 Å². The van der Waals surface area contributed by atoms with Crippen molar-refractivity contribution in [3.63, 3.8) is 0 Å². The Morgan fingerprint density at radius 3 is 2.90 bits per heavy atom. The fourth-order valence-electron chi connectivity index (χ4n) is 3.95. The first-order chi connectivity index (χ1) is 14.2. The quantitative estimate of drug-likeness (QED) is 0.608. The molecule has 4 nitrogen and oxygen atoms in total. The predicted molar refractivity (Wildman–Crippen MR) is 119 cm³/mol. The number of rotatable bonds is 8. The molecule has 1 fully saturated rings. The van der Waals surface area contributed by atoms with Crippen LogP contribution < -0.4 is 10.6 Å². The molecule has 1 saturated heterocycles. The fraction of sp³-hybridized carbons (Fsp3) is 0.440. The molecule has 29 heavy (non-hydrogen) atoms. The normalized spacial score (nSPS) is 19.2. The average Bonchev–Trinajstić information content (AvgIpc) is 3.17. The highest BCUT2D eigenvalue weighted by Gasteiger charge is 2.15. The van der Waals surface area contributed by atoms with E-state index in [1.807, 2.05) is 42.5 Å². The van der Waals surface area contributed by atoms with E-state index in [-0.39, 0.29) is 11.7 Å². The number of carbonyl (C=O) groups excluding carboxylic acids is 2. The molecular formula is C25H32N2O2. The summed E-state index contributed by atoms with van der Waals surface area (Å²) < 4.78 is 0. The lowest BCUT2D eigenvalue weighted by Crippen LogP contribution is -2.14. The van der Waals surface area contributed by atoms with Gasteiger partial charge in [-0.15, -0.1) is 0 Å². The molecule has 1 heterocycles. The van der Waals surface area contributed by atoms with Gasteiger partial charge in [0.15, 0.2) is 5.78 Å². The van der Waals surface area contributed by atoms with Gasteiger partial charge < -0.3 is 10.6 Å². The number of hydrogen-bond donors (Lipinski definition) is 2. The lowest BCUT2D eigenvalue weighted by molar-refractivity contribution is -0.117. The van der Waals surface area contributed by atoms with E-state index in [1.165, 1.54) is 18.4 Å². The van der Waals surface area contributed by atoms with Crippen LogP contribution in [-0.4, -0.2) is 24.8 Å². The van der Waals surface area contributed by atoms with Crippen molar-refractivity contribution in [3.8, 4) is 0 Å². The standard InChI is InChI=1S/C25H32N2O2/c28-24(21-9-3-1-2-4-10-21)14-5-6-15-25(29)27-23-13-7-11-22(19-23)20-12-8-17-26-18-16-20/h1-3,7,9-11,13,19-20,26H,4-6,8,12,14-18H2,(H,27,29). The van der Waals surface area contributed by atoms with Crippen molar-refractivity contribution >= 4 is 17.4 Å². The van der Waals surface area contributed by atoms with Crippen LogP contribution in [0.2, 0.25) is 0 Å². The summed E-state index contributed by atoms with van der Waals surface area (Å²) >= 11 is 0. The van der Waals surface area contributed by atoms with Crippen LogP contribution in [0.5, 0.6) is 0 Å². The monoisotopic (exact) mass is 392 g/mol. The minimum Gasteiger partial charge on any atom is -0.326 e. The number of unbranched alkanes of at least 4 members (excludes halogenated alkanes) is 1. The van der Waals surface area contributed by atoms with Crippen molar-refractivity contribution in [3.05, 3.63) is 65.8 Å². The van der Waals surface area contributed by atoms with Gasteiger partial charge in [0.1, 0.15) is 0 Å². The summed E-state index contributed by atoms with van der Waals surface area (Å²) in [6.45, 7) is 2.16. The zero-order valence-electron chi connectivity index (χ0n) is 17.2. The molecule has 0 radical (unpaired) electrons. The molecular weight excluding hydrogens is 360 g/mol. The maximum atomic E-state index is 12.3. The third-order valence-corrected chi connectivity index (χ3v) is 5.59. The molecule has 2 aliphatic rings. The SMILES string of the molecule is O=C(CCCCC(=O)C1=CCC=CC=C1)Nc1cccc(C2CCCNCC2)c1. The van der Waals surface area contributed by atoms with E-state index in [2.05, 4.69) is 22.8 Å². The van der Waals surface area contributed by atoms with Gasteiger partial charge in [0.05, 0.1) is 0 Å². The van der Waals surface area contributed by atoms with E-state index in [0.717, 1.165) is 50.0 Å². The molecule has 0 aromatic heterocycles. The first kappa shape index (κ1) is 21.3. The van der Waals surface area contributed by atoms with E-state index >= 15 is 0 Å². The summed E-state index contributed by atoms with van der Waals surface area (Å²) in [6.07, 6.45) is 16.5. The highest BCUT2D eigenvalue weighted by atomic mass is 16.1. The van der Waals surface area contributed by atoms with Gasteiger partial charge >= 0.3 is 0 Å². The van der Waals surface area contributed by atoms with Crippen LogP contribution in [0.3, 0.4) is 0 Å². The van der Waals surface area contributed by atoms with Gasteiger partial charge in [-0.3, -0.25) is 9.59 Å². The molecule has 4 heteroatoms. The van der Waals surface area contributed by atoms with Crippen LogP contribution in [0.1, 0.15) is 62.8 Å². The lowest BCUT2D eigenvalue weighted by atomic mass is 9.92. The Morgan fingerprint density at radius 1 is 1.07 bits per heavy atom. The summed E-state index contributed by atoms with van der Waals surface area (Å²) in [5.74, 6) is 0.751. The maximum Gasteiger partial charge on any atom is 0.224 e. The van der Waals surface area contributed by atoms with Crippen LogP contribution in [0, 0.1) is 0 Å². The molecule has 1 aromatic rings. The Bertz CT molecular complexity index is 784. The van der Waals surface area contributed by atoms with E-state index in [1.54, 1.807) is 0 Å². The summed E-state index contributed by atoms with van der Waals surface area (Å²) in [7, 11) is 0. The molecule has 2 N–H and O–H groups in total. The first-order valence-corrected chi connectivity index (χ1v) is 10.9. The van der Waals surface area contributed by atoms with Gasteiger partial charge in [-0.1, -0.05) is 42.5 Å². The van der Waals surface area contributed by atoms with Gasteiger partial charge in [0.2, 0.25) is 5.91 Å². The van der Waals surface area contributed by atoms with Crippen molar-refractivity contribution in [1.82, 2.24) is 5.32 Å². The van der Waals surface area contributed by atoms with Gasteiger partial charge in [0.25, 0.3) is 0 Å². The number of ketones is 1. The average molecular weight is 393 g/mol. The number of anilines is 1. The van der Waals surface area contributed by atoms with Crippen molar-refractivity contribution in [1.29, 1.82) is 0 Å². The predicted octanol–water partition coefficient (Wildman–Crippen LogP) is 5.05. The number of amides is 1. The second-order valence-electron chi connectivity index (χ2n) is 7.86. The molecule has 1 aliphatic heterocycles.